The van der Waals surface area contributed by atoms with Crippen molar-refractivity contribution in [3.63, 3.8) is 0 Å². The van der Waals surface area contributed by atoms with Crippen LogP contribution < -0.4 is 5.32 Å². The third-order valence-electron chi connectivity index (χ3n) is 4.78. The van der Waals surface area contributed by atoms with Crippen molar-refractivity contribution in [3.05, 3.63) is 0 Å². The van der Waals surface area contributed by atoms with Crippen LogP contribution >= 0.6 is 0 Å². The fraction of sp³-hybridized carbons (Fsp3) is 1.00. The lowest BCUT2D eigenvalue weighted by Crippen LogP contribution is -2.46. The fourth-order valence-electron chi connectivity index (χ4n) is 2.86. The molecule has 0 aromatic rings. The minimum atomic E-state index is -2.99. The molecule has 1 aliphatic carbocycles. The second kappa shape index (κ2) is 5.10. The monoisotopic (exact) mass is 274 g/mol. The molecule has 0 spiro atoms. The van der Waals surface area contributed by atoms with Crippen molar-refractivity contribution in [1.29, 1.82) is 0 Å². The van der Waals surface area contributed by atoms with Crippen LogP contribution in [0.3, 0.4) is 0 Å². The van der Waals surface area contributed by atoms with E-state index in [1.165, 1.54) is 19.1 Å². The molecule has 0 unspecified atom stereocenters. The summed E-state index contributed by atoms with van der Waals surface area (Å²) < 4.78 is 24.4. The molecule has 0 radical (unpaired) electrons. The summed E-state index contributed by atoms with van der Waals surface area (Å²) in [6, 6.07) is 0.499. The molecule has 1 N–H and O–H groups in total. The van der Waals surface area contributed by atoms with E-state index >= 15 is 0 Å². The van der Waals surface area contributed by atoms with Crippen LogP contribution in [0.4, 0.5) is 0 Å². The van der Waals surface area contributed by atoms with Crippen molar-refractivity contribution < 1.29 is 8.42 Å². The Morgan fingerprint density at radius 2 is 1.83 bits per heavy atom. The van der Waals surface area contributed by atoms with Gasteiger partial charge in [-0.25, -0.2) is 12.7 Å². The Morgan fingerprint density at radius 1 is 1.28 bits per heavy atom. The molecular formula is C13H26N2O2S. The molecule has 1 saturated carbocycles. The average Bonchev–Trinajstić information content (AvgIpc) is 3.07. The SMILES string of the molecule is CC(C)C1(CNC2CCN(S(C)(=O)=O)CC2)CC1. The molecule has 1 heterocycles. The number of hydrogen-bond acceptors (Lipinski definition) is 3. The number of hydrogen-bond donors (Lipinski definition) is 1. The van der Waals surface area contributed by atoms with Gasteiger partial charge in [-0.2, -0.15) is 0 Å². The highest BCUT2D eigenvalue weighted by Crippen LogP contribution is 2.51. The summed E-state index contributed by atoms with van der Waals surface area (Å²) in [6.07, 6.45) is 5.89. The molecule has 18 heavy (non-hydrogen) atoms. The van der Waals surface area contributed by atoms with Gasteiger partial charge in [-0.1, -0.05) is 13.8 Å². The van der Waals surface area contributed by atoms with Gasteiger partial charge in [-0.3, -0.25) is 0 Å². The maximum Gasteiger partial charge on any atom is 0.211 e. The summed E-state index contributed by atoms with van der Waals surface area (Å²) in [5.41, 5.74) is 0.536. The molecule has 1 saturated heterocycles. The Hall–Kier alpha value is -0.130. The van der Waals surface area contributed by atoms with Gasteiger partial charge in [0.2, 0.25) is 10.0 Å². The van der Waals surface area contributed by atoms with Gasteiger partial charge < -0.3 is 5.32 Å². The molecule has 106 valence electrons. The van der Waals surface area contributed by atoms with Crippen LogP contribution in [0.1, 0.15) is 39.5 Å². The predicted octanol–water partition coefficient (Wildman–Crippen LogP) is 1.44. The highest BCUT2D eigenvalue weighted by Gasteiger charge is 2.45. The largest absolute Gasteiger partial charge is 0.313 e. The van der Waals surface area contributed by atoms with Crippen molar-refractivity contribution in [2.45, 2.75) is 45.6 Å². The zero-order chi connectivity index (χ0) is 13.4. The molecule has 0 amide bonds. The highest BCUT2D eigenvalue weighted by molar-refractivity contribution is 7.88. The Morgan fingerprint density at radius 3 is 2.22 bits per heavy atom. The molecule has 4 nitrogen and oxygen atoms in total. The number of nitrogens with zero attached hydrogens (tertiary/aromatic N) is 1. The van der Waals surface area contributed by atoms with E-state index < -0.39 is 10.0 Å². The van der Waals surface area contributed by atoms with Crippen molar-refractivity contribution in [2.24, 2.45) is 11.3 Å². The first-order valence-corrected chi connectivity index (χ1v) is 8.87. The second-order valence-electron chi connectivity index (χ2n) is 6.33. The van der Waals surface area contributed by atoms with E-state index in [0.717, 1.165) is 25.3 Å². The molecule has 0 aromatic heterocycles. The normalized spacial score (nSPS) is 25.6. The predicted molar refractivity (Wildman–Crippen MR) is 73.9 cm³/mol. The van der Waals surface area contributed by atoms with Crippen molar-refractivity contribution in [1.82, 2.24) is 9.62 Å². The summed E-state index contributed by atoms with van der Waals surface area (Å²) in [5.74, 6) is 0.751. The molecular weight excluding hydrogens is 248 g/mol. The molecule has 0 atom stereocenters. The number of sulfonamides is 1. The average molecular weight is 274 g/mol. The Bertz CT molecular complexity index is 380. The van der Waals surface area contributed by atoms with E-state index in [4.69, 9.17) is 0 Å². The minimum absolute atomic E-state index is 0.499. The van der Waals surface area contributed by atoms with E-state index in [2.05, 4.69) is 19.2 Å². The first kappa shape index (κ1) is 14.3. The minimum Gasteiger partial charge on any atom is -0.313 e. The number of piperidine rings is 1. The van der Waals surface area contributed by atoms with Crippen molar-refractivity contribution >= 4 is 10.0 Å². The summed E-state index contributed by atoms with van der Waals surface area (Å²) >= 11 is 0. The van der Waals surface area contributed by atoms with Crippen LogP contribution in [0, 0.1) is 11.3 Å². The van der Waals surface area contributed by atoms with Gasteiger partial charge in [0.15, 0.2) is 0 Å². The zero-order valence-electron chi connectivity index (χ0n) is 11.8. The van der Waals surface area contributed by atoms with Crippen LogP contribution in [0.25, 0.3) is 0 Å². The third kappa shape index (κ3) is 3.25. The highest BCUT2D eigenvalue weighted by atomic mass is 32.2. The van der Waals surface area contributed by atoms with Gasteiger partial charge in [0.1, 0.15) is 0 Å². The van der Waals surface area contributed by atoms with E-state index in [9.17, 15) is 8.42 Å². The van der Waals surface area contributed by atoms with E-state index in [0.29, 0.717) is 24.5 Å². The molecule has 2 fully saturated rings. The fourth-order valence-corrected chi connectivity index (χ4v) is 3.73. The third-order valence-corrected chi connectivity index (χ3v) is 6.09. The molecule has 0 bridgehead atoms. The molecule has 0 aromatic carbocycles. The summed E-state index contributed by atoms with van der Waals surface area (Å²) in [7, 11) is -2.99. The molecule has 2 aliphatic rings. The molecule has 1 aliphatic heterocycles. The van der Waals surface area contributed by atoms with Gasteiger partial charge in [0.05, 0.1) is 6.26 Å². The van der Waals surface area contributed by atoms with Gasteiger partial charge in [0, 0.05) is 25.7 Å². The van der Waals surface area contributed by atoms with Crippen LogP contribution in [-0.4, -0.2) is 44.7 Å². The van der Waals surface area contributed by atoms with Gasteiger partial charge in [-0.05, 0) is 37.0 Å². The molecule has 5 heteroatoms. The van der Waals surface area contributed by atoms with Crippen molar-refractivity contribution in [3.8, 4) is 0 Å². The van der Waals surface area contributed by atoms with Crippen LogP contribution in [0.5, 0.6) is 0 Å². The standard InChI is InChI=1S/C13H26N2O2S/c1-11(2)13(6-7-13)10-14-12-4-8-15(9-5-12)18(3,16)17/h11-12,14H,4-10H2,1-3H3. The van der Waals surface area contributed by atoms with Crippen LogP contribution in [0.15, 0.2) is 0 Å². The Balaban J connectivity index is 1.75. The van der Waals surface area contributed by atoms with E-state index in [1.807, 2.05) is 0 Å². The first-order valence-electron chi connectivity index (χ1n) is 7.02. The van der Waals surface area contributed by atoms with E-state index in [1.54, 1.807) is 4.31 Å². The maximum atomic E-state index is 11.4. The topological polar surface area (TPSA) is 49.4 Å². The summed E-state index contributed by atoms with van der Waals surface area (Å²) in [4.78, 5) is 0. The number of rotatable bonds is 5. The Kier molecular flexibility index (Phi) is 4.04. The summed E-state index contributed by atoms with van der Waals surface area (Å²) in [6.45, 7) is 7.06. The zero-order valence-corrected chi connectivity index (χ0v) is 12.6. The van der Waals surface area contributed by atoms with Gasteiger partial charge in [0.25, 0.3) is 0 Å². The maximum absolute atomic E-state index is 11.4. The second-order valence-corrected chi connectivity index (χ2v) is 8.32. The summed E-state index contributed by atoms with van der Waals surface area (Å²) in [5, 5.41) is 3.66. The van der Waals surface area contributed by atoms with Crippen LogP contribution in [0.2, 0.25) is 0 Å². The van der Waals surface area contributed by atoms with Gasteiger partial charge >= 0.3 is 0 Å². The van der Waals surface area contributed by atoms with Crippen molar-refractivity contribution in [2.75, 3.05) is 25.9 Å². The lowest BCUT2D eigenvalue weighted by molar-refractivity contribution is 0.259. The lowest BCUT2D eigenvalue weighted by atomic mass is 9.91. The van der Waals surface area contributed by atoms with E-state index in [-0.39, 0.29) is 0 Å². The number of nitrogens with one attached hydrogen (secondary N) is 1. The molecule has 2 rings (SSSR count). The quantitative estimate of drug-likeness (QED) is 0.825. The van der Waals surface area contributed by atoms with Gasteiger partial charge in [-0.15, -0.1) is 0 Å². The first-order chi connectivity index (χ1) is 8.33. The Labute approximate surface area is 111 Å². The van der Waals surface area contributed by atoms with Crippen LogP contribution in [-0.2, 0) is 10.0 Å². The lowest BCUT2D eigenvalue weighted by Gasteiger charge is -2.32. The smallest absolute Gasteiger partial charge is 0.211 e.